The van der Waals surface area contributed by atoms with E-state index in [-0.39, 0.29) is 0 Å². The van der Waals surface area contributed by atoms with Crippen molar-refractivity contribution in [1.82, 2.24) is 4.98 Å². The fourth-order valence-electron chi connectivity index (χ4n) is 1.34. The van der Waals surface area contributed by atoms with E-state index in [4.69, 9.17) is 5.21 Å². The highest BCUT2D eigenvalue weighted by Crippen LogP contribution is 2.20. The number of rotatable bonds is 1. The van der Waals surface area contributed by atoms with Gasteiger partial charge in [-0.05, 0) is 39.7 Å². The van der Waals surface area contributed by atoms with Gasteiger partial charge in [0.05, 0.1) is 6.21 Å². The Bertz CT molecular complexity index is 542. The van der Waals surface area contributed by atoms with Crippen LogP contribution in [0.3, 0.4) is 0 Å². The van der Waals surface area contributed by atoms with Gasteiger partial charge in [-0.2, -0.15) is 0 Å². The van der Waals surface area contributed by atoms with Crippen LogP contribution in [0.25, 0.3) is 10.9 Å². The third-order valence-electron chi connectivity index (χ3n) is 1.93. The van der Waals surface area contributed by atoms with E-state index in [2.05, 4.69) is 26.1 Å². The maximum absolute atomic E-state index is 13.5. The number of benzene rings is 1. The Labute approximate surface area is 93.4 Å². The van der Waals surface area contributed by atoms with Gasteiger partial charge in [0.1, 0.15) is 11.3 Å². The average Bonchev–Trinajstić information content (AvgIpc) is 2.17. The molecule has 0 fully saturated rings. The predicted octanol–water partition coefficient (Wildman–Crippen LogP) is 2.94. The van der Waals surface area contributed by atoms with Gasteiger partial charge >= 0.3 is 0 Å². The van der Waals surface area contributed by atoms with Crippen LogP contribution in [0.2, 0.25) is 0 Å². The molecule has 5 heteroatoms. The number of hydrogen-bond acceptors (Lipinski definition) is 3. The van der Waals surface area contributed by atoms with Gasteiger partial charge in [-0.1, -0.05) is 5.16 Å². The monoisotopic (exact) mass is 268 g/mol. The zero-order valence-electron chi connectivity index (χ0n) is 7.48. The summed E-state index contributed by atoms with van der Waals surface area (Å²) in [5.41, 5.74) is 0.788. The molecule has 0 unspecified atom stereocenters. The summed E-state index contributed by atoms with van der Waals surface area (Å²) >= 11 is 3.25. The molecule has 0 bridgehead atoms. The van der Waals surface area contributed by atoms with Crippen molar-refractivity contribution in [2.24, 2.45) is 5.16 Å². The Hall–Kier alpha value is -1.49. The summed E-state index contributed by atoms with van der Waals surface area (Å²) in [5.74, 6) is -0.435. The highest BCUT2D eigenvalue weighted by Gasteiger charge is 2.04. The van der Waals surface area contributed by atoms with E-state index in [0.29, 0.717) is 16.5 Å². The lowest BCUT2D eigenvalue weighted by molar-refractivity contribution is 0.322. The Morgan fingerprint density at radius 3 is 2.93 bits per heavy atom. The van der Waals surface area contributed by atoms with Crippen molar-refractivity contribution in [3.8, 4) is 0 Å². The van der Waals surface area contributed by atoms with Crippen LogP contribution in [0.15, 0.2) is 34.0 Å². The minimum atomic E-state index is -0.435. The Kier molecular flexibility index (Phi) is 2.64. The zero-order valence-corrected chi connectivity index (χ0v) is 9.07. The fourth-order valence-corrected chi connectivity index (χ4v) is 1.69. The van der Waals surface area contributed by atoms with Gasteiger partial charge in [0.2, 0.25) is 0 Å². The van der Waals surface area contributed by atoms with Crippen LogP contribution < -0.4 is 0 Å². The first-order chi connectivity index (χ1) is 7.20. The van der Waals surface area contributed by atoms with Crippen LogP contribution in [0, 0.1) is 5.82 Å². The summed E-state index contributed by atoms with van der Waals surface area (Å²) in [6.45, 7) is 0. The molecule has 0 saturated carbocycles. The van der Waals surface area contributed by atoms with Gasteiger partial charge in [0, 0.05) is 16.1 Å². The van der Waals surface area contributed by atoms with E-state index < -0.39 is 5.82 Å². The molecule has 0 aliphatic rings. The van der Waals surface area contributed by atoms with Crippen LogP contribution in [-0.4, -0.2) is 16.4 Å². The summed E-state index contributed by atoms with van der Waals surface area (Å²) < 4.78 is 14.3. The van der Waals surface area contributed by atoms with Crippen molar-refractivity contribution in [2.75, 3.05) is 0 Å². The predicted molar refractivity (Wildman–Crippen MR) is 58.8 cm³/mol. The molecule has 0 amide bonds. The molecule has 2 rings (SSSR count). The first-order valence-corrected chi connectivity index (χ1v) is 4.92. The number of hydrogen-bond donors (Lipinski definition) is 1. The molecule has 0 spiro atoms. The highest BCUT2D eigenvalue weighted by atomic mass is 79.9. The minimum Gasteiger partial charge on any atom is -0.411 e. The van der Waals surface area contributed by atoms with E-state index in [1.807, 2.05) is 0 Å². The van der Waals surface area contributed by atoms with E-state index in [9.17, 15) is 4.39 Å². The molecule has 0 aliphatic heterocycles. The first-order valence-electron chi connectivity index (χ1n) is 4.13. The largest absolute Gasteiger partial charge is 0.411 e. The number of oxime groups is 1. The van der Waals surface area contributed by atoms with Gasteiger partial charge in [-0.15, -0.1) is 0 Å². The molecule has 2 aromatic rings. The maximum atomic E-state index is 13.5. The molecule has 0 aliphatic carbocycles. The van der Waals surface area contributed by atoms with Gasteiger partial charge < -0.3 is 5.21 Å². The second-order valence-corrected chi connectivity index (χ2v) is 3.89. The fraction of sp³-hybridized carbons (Fsp3) is 0. The normalized spacial score (nSPS) is 11.3. The van der Waals surface area contributed by atoms with E-state index in [1.165, 1.54) is 18.5 Å². The Balaban J connectivity index is 2.73. The molecule has 0 atom stereocenters. The van der Waals surface area contributed by atoms with Gasteiger partial charge in [0.25, 0.3) is 0 Å². The summed E-state index contributed by atoms with van der Waals surface area (Å²) in [6, 6.07) is 4.71. The van der Waals surface area contributed by atoms with Crippen LogP contribution >= 0.6 is 15.9 Å². The lowest BCUT2D eigenvalue weighted by Gasteiger charge is -2.01. The van der Waals surface area contributed by atoms with Crippen LogP contribution in [0.1, 0.15) is 5.56 Å². The van der Waals surface area contributed by atoms with E-state index in [0.717, 1.165) is 4.47 Å². The SMILES string of the molecule is O/N=C/c1cc(F)c2ncc(Br)cc2c1. The summed E-state index contributed by atoms with van der Waals surface area (Å²) in [7, 11) is 0. The number of aromatic nitrogens is 1. The van der Waals surface area contributed by atoms with Crippen molar-refractivity contribution in [2.45, 2.75) is 0 Å². The zero-order chi connectivity index (χ0) is 10.8. The summed E-state index contributed by atoms with van der Waals surface area (Å²) in [4.78, 5) is 3.95. The van der Waals surface area contributed by atoms with Crippen molar-refractivity contribution in [3.05, 3.63) is 40.2 Å². The molecular formula is C10H6BrFN2O. The molecule has 15 heavy (non-hydrogen) atoms. The molecule has 1 aromatic heterocycles. The van der Waals surface area contributed by atoms with Crippen molar-refractivity contribution >= 4 is 33.0 Å². The lowest BCUT2D eigenvalue weighted by atomic mass is 10.1. The third-order valence-corrected chi connectivity index (χ3v) is 2.37. The number of nitrogens with zero attached hydrogens (tertiary/aromatic N) is 2. The first kappa shape index (κ1) is 10.0. The average molecular weight is 269 g/mol. The van der Waals surface area contributed by atoms with Gasteiger partial charge in [0.15, 0.2) is 0 Å². The Morgan fingerprint density at radius 2 is 2.20 bits per heavy atom. The molecule has 1 N–H and O–H groups in total. The molecule has 3 nitrogen and oxygen atoms in total. The highest BCUT2D eigenvalue weighted by molar-refractivity contribution is 9.10. The van der Waals surface area contributed by atoms with Crippen LogP contribution in [0.4, 0.5) is 4.39 Å². The van der Waals surface area contributed by atoms with Crippen LogP contribution in [0.5, 0.6) is 0 Å². The number of fused-ring (bicyclic) bond motifs is 1. The van der Waals surface area contributed by atoms with Gasteiger partial charge in [-0.3, -0.25) is 4.98 Å². The number of halogens is 2. The van der Waals surface area contributed by atoms with Crippen molar-refractivity contribution in [3.63, 3.8) is 0 Å². The molecule has 76 valence electrons. The smallest absolute Gasteiger partial charge is 0.150 e. The topological polar surface area (TPSA) is 45.5 Å². The molecule has 1 aromatic carbocycles. The minimum absolute atomic E-state index is 0.299. The summed E-state index contributed by atoms with van der Waals surface area (Å²) in [5, 5.41) is 11.9. The molecule has 0 radical (unpaired) electrons. The third kappa shape index (κ3) is 1.97. The second kappa shape index (κ2) is 3.94. The molecule has 0 saturated heterocycles. The molecular weight excluding hydrogens is 263 g/mol. The Morgan fingerprint density at radius 1 is 1.40 bits per heavy atom. The van der Waals surface area contributed by atoms with Crippen molar-refractivity contribution < 1.29 is 9.60 Å². The number of pyridine rings is 1. The van der Waals surface area contributed by atoms with E-state index in [1.54, 1.807) is 12.1 Å². The molecule has 1 heterocycles. The van der Waals surface area contributed by atoms with Crippen molar-refractivity contribution in [1.29, 1.82) is 0 Å². The maximum Gasteiger partial charge on any atom is 0.150 e. The standard InChI is InChI=1S/C10H6BrFN2O/c11-8-3-7-1-6(4-14-15)2-9(12)10(7)13-5-8/h1-5,15H/b14-4+. The van der Waals surface area contributed by atoms with Crippen LogP contribution in [-0.2, 0) is 0 Å². The van der Waals surface area contributed by atoms with Gasteiger partial charge in [-0.25, -0.2) is 4.39 Å². The lowest BCUT2D eigenvalue weighted by Crippen LogP contribution is -1.89. The second-order valence-electron chi connectivity index (χ2n) is 2.97. The van der Waals surface area contributed by atoms with E-state index >= 15 is 0 Å². The summed E-state index contributed by atoms with van der Waals surface area (Å²) in [6.07, 6.45) is 2.70. The quantitative estimate of drug-likeness (QED) is 0.491.